The molecular weight excluding hydrogens is 989 g/mol. The molecular formula is C60H68N6O6SSi2. The van der Waals surface area contributed by atoms with Crippen molar-refractivity contribution in [2.45, 2.75) is 103 Å². The molecule has 1 aromatic heterocycles. The number of aryl methyl sites for hydroxylation is 2. The Morgan fingerprint density at radius 1 is 0.467 bits per heavy atom. The Morgan fingerprint density at radius 3 is 1.05 bits per heavy atom. The lowest BCUT2D eigenvalue weighted by molar-refractivity contribution is -0.421. The van der Waals surface area contributed by atoms with Crippen LogP contribution in [0.25, 0.3) is 33.3 Å². The molecule has 75 heavy (non-hydrogen) atoms. The number of benzene rings is 7. The smallest absolute Gasteiger partial charge is 0.356 e. The van der Waals surface area contributed by atoms with Gasteiger partial charge in [-0.3, -0.25) is 20.2 Å². The number of hydrogen-bond donors (Lipinski definition) is 0. The molecule has 0 saturated heterocycles. The highest BCUT2D eigenvalue weighted by Gasteiger charge is 2.40. The van der Waals surface area contributed by atoms with Gasteiger partial charge in [0.1, 0.15) is 11.0 Å². The highest BCUT2D eigenvalue weighted by molar-refractivity contribution is 7.00. The van der Waals surface area contributed by atoms with Crippen molar-refractivity contribution in [2.24, 2.45) is 0 Å². The summed E-state index contributed by atoms with van der Waals surface area (Å²) in [5, 5.41) is 26.9. The molecule has 0 aliphatic heterocycles. The van der Waals surface area contributed by atoms with Crippen molar-refractivity contribution in [1.82, 2.24) is 8.75 Å². The van der Waals surface area contributed by atoms with Gasteiger partial charge in [0.15, 0.2) is 16.6 Å². The van der Waals surface area contributed by atoms with Crippen LogP contribution >= 0.6 is 11.7 Å². The van der Waals surface area contributed by atoms with E-state index in [1.807, 2.05) is 84.9 Å². The lowest BCUT2D eigenvalue weighted by Crippen LogP contribution is -2.41. The minimum atomic E-state index is -1.82. The lowest BCUT2D eigenvalue weighted by Gasteiger charge is -2.36. The van der Waals surface area contributed by atoms with Crippen LogP contribution < -0.4 is 9.80 Å². The number of aromatic nitrogens is 2. The maximum absolute atomic E-state index is 13.3. The SMILES string of the molecule is CC(C)(C)[Si](C)(C)OCCCc1ccc(N(c2ccccc2)c2ccc(-c3c([N+](=O)[O-])c([N+](=O)[O-])c(-c4ccc(N(c5ccccc5)c5ccc(CCCO[Si](C)(C)C(C)(C)C)cc5)cc4)c4nsnc34)cc2)cc1. The van der Waals surface area contributed by atoms with Crippen LogP contribution in [0.4, 0.5) is 45.5 Å². The van der Waals surface area contributed by atoms with Crippen molar-refractivity contribution in [3.05, 3.63) is 189 Å². The molecule has 1 heterocycles. The van der Waals surface area contributed by atoms with Gasteiger partial charge < -0.3 is 18.7 Å². The zero-order valence-electron chi connectivity index (χ0n) is 44.8. The Hall–Kier alpha value is -6.89. The van der Waals surface area contributed by atoms with Crippen molar-refractivity contribution in [3.8, 4) is 22.3 Å². The van der Waals surface area contributed by atoms with Crippen LogP contribution in [0.5, 0.6) is 0 Å². The summed E-state index contributed by atoms with van der Waals surface area (Å²) in [7, 11) is -3.65. The topological polar surface area (TPSA) is 137 Å². The molecule has 0 aliphatic rings. The molecule has 0 fully saturated rings. The molecule has 388 valence electrons. The van der Waals surface area contributed by atoms with Crippen LogP contribution in [0.1, 0.15) is 65.5 Å². The normalized spacial score (nSPS) is 12.2. The number of fused-ring (bicyclic) bond motifs is 1. The first-order valence-electron chi connectivity index (χ1n) is 25.6. The predicted molar refractivity (Wildman–Crippen MR) is 314 cm³/mol. The largest absolute Gasteiger partial charge is 0.417 e. The second-order valence-electron chi connectivity index (χ2n) is 22.1. The lowest BCUT2D eigenvalue weighted by atomic mass is 9.93. The molecule has 0 N–H and O–H groups in total. The fraction of sp³-hybridized carbons (Fsp3) is 0.300. The average molecular weight is 1060 g/mol. The first-order valence-corrected chi connectivity index (χ1v) is 32.2. The first-order chi connectivity index (χ1) is 35.6. The van der Waals surface area contributed by atoms with E-state index in [-0.39, 0.29) is 32.2 Å². The third kappa shape index (κ3) is 12.1. The molecule has 12 nitrogen and oxygen atoms in total. The average Bonchev–Trinajstić information content (AvgIpc) is 3.87. The number of nitro benzene ring substituents is 2. The Labute approximate surface area is 447 Å². The van der Waals surface area contributed by atoms with Gasteiger partial charge in [-0.1, -0.05) is 126 Å². The number of hydrogen-bond acceptors (Lipinski definition) is 11. The standard InChI is InChI=1S/C60H68N6O6SSi2/c1-59(2,3)74(7,8)71-41-17-19-43-25-33-49(34-26-43)63(47-21-13-11-14-22-47)51-37-29-45(30-38-51)53-55-56(62-73-61-55)54(58(66(69)70)57(53)65(67)68)46-31-39-52(40-32-46)64(48-23-15-12-16-24-48)50-35-27-44(28-36-50)20-18-42-72-75(9,10)60(4,5)6/h11-16,21-40H,17-20,41-42H2,1-10H3. The number of para-hydroxylation sites is 2. The summed E-state index contributed by atoms with van der Waals surface area (Å²) in [5.74, 6) is 0. The fourth-order valence-corrected chi connectivity index (χ4v) is 11.5. The van der Waals surface area contributed by atoms with Gasteiger partial charge in [-0.25, -0.2) is 0 Å². The second kappa shape index (κ2) is 22.5. The molecule has 0 bridgehead atoms. The minimum absolute atomic E-state index is 0.0392. The molecule has 0 spiro atoms. The summed E-state index contributed by atoms with van der Waals surface area (Å²) in [4.78, 5) is 29.4. The van der Waals surface area contributed by atoms with Gasteiger partial charge in [0.05, 0.1) is 32.7 Å². The molecule has 0 radical (unpaired) electrons. The molecule has 0 saturated carbocycles. The van der Waals surface area contributed by atoms with Crippen molar-refractivity contribution in [2.75, 3.05) is 23.0 Å². The molecule has 7 aromatic carbocycles. The Balaban J connectivity index is 1.09. The molecule has 8 rings (SSSR count). The van der Waals surface area contributed by atoms with Gasteiger partial charge in [0.2, 0.25) is 0 Å². The van der Waals surface area contributed by atoms with Crippen LogP contribution in [0.2, 0.25) is 36.3 Å². The number of nitrogens with zero attached hydrogens (tertiary/aromatic N) is 6. The summed E-state index contributed by atoms with van der Waals surface area (Å²) in [6.45, 7) is 24.1. The number of anilines is 6. The molecule has 15 heteroatoms. The predicted octanol–water partition coefficient (Wildman–Crippen LogP) is 17.7. The Kier molecular flexibility index (Phi) is 16.3. The zero-order valence-corrected chi connectivity index (χ0v) is 47.6. The van der Waals surface area contributed by atoms with E-state index < -0.39 is 37.9 Å². The summed E-state index contributed by atoms with van der Waals surface area (Å²) in [6.07, 6.45) is 3.63. The summed E-state index contributed by atoms with van der Waals surface area (Å²) in [6, 6.07) is 51.4. The first kappa shape index (κ1) is 54.4. The number of rotatable bonds is 20. The maximum atomic E-state index is 13.3. The molecule has 8 aromatic rings. The van der Waals surface area contributed by atoms with Crippen molar-refractivity contribution >= 4 is 84.9 Å². The van der Waals surface area contributed by atoms with Crippen LogP contribution in [-0.4, -0.2) is 48.4 Å². The maximum Gasteiger partial charge on any atom is 0.356 e. The van der Waals surface area contributed by atoms with Crippen LogP contribution in [-0.2, 0) is 21.7 Å². The zero-order chi connectivity index (χ0) is 53.7. The van der Waals surface area contributed by atoms with Gasteiger partial charge in [-0.05, 0) is 157 Å². The van der Waals surface area contributed by atoms with E-state index in [9.17, 15) is 20.2 Å². The van der Waals surface area contributed by atoms with E-state index in [0.29, 0.717) is 11.1 Å². The van der Waals surface area contributed by atoms with E-state index in [1.165, 1.54) is 11.1 Å². The molecule has 0 unspecified atom stereocenters. The van der Waals surface area contributed by atoms with Gasteiger partial charge in [0.25, 0.3) is 0 Å². The highest BCUT2D eigenvalue weighted by Crippen LogP contribution is 2.51. The van der Waals surface area contributed by atoms with Crippen LogP contribution in [0.15, 0.2) is 158 Å². The summed E-state index contributed by atoms with van der Waals surface area (Å²) < 4.78 is 22.0. The molecule has 0 aliphatic carbocycles. The van der Waals surface area contributed by atoms with Crippen molar-refractivity contribution in [1.29, 1.82) is 0 Å². The quantitative estimate of drug-likeness (QED) is 0.0314. The second-order valence-corrected chi connectivity index (χ2v) is 32.3. The third-order valence-electron chi connectivity index (χ3n) is 15.0. The van der Waals surface area contributed by atoms with E-state index in [1.54, 1.807) is 24.3 Å². The van der Waals surface area contributed by atoms with E-state index in [0.717, 1.165) is 84.7 Å². The third-order valence-corrected chi connectivity index (χ3v) is 24.6. The van der Waals surface area contributed by atoms with Gasteiger partial charge in [-0.2, -0.15) is 8.75 Å². The summed E-state index contributed by atoms with van der Waals surface area (Å²) >= 11 is 0.862. The van der Waals surface area contributed by atoms with Gasteiger partial charge in [-0.15, -0.1) is 0 Å². The van der Waals surface area contributed by atoms with Crippen molar-refractivity contribution in [3.63, 3.8) is 0 Å². The van der Waals surface area contributed by atoms with E-state index in [4.69, 9.17) is 8.85 Å². The fourth-order valence-electron chi connectivity index (χ4n) is 8.75. The Morgan fingerprint density at radius 2 is 0.760 bits per heavy atom. The summed E-state index contributed by atoms with van der Waals surface area (Å²) in [5.41, 5.74) is 7.73. The van der Waals surface area contributed by atoms with Crippen LogP contribution in [0.3, 0.4) is 0 Å². The van der Waals surface area contributed by atoms with Crippen LogP contribution in [0, 0.1) is 20.2 Å². The highest BCUT2D eigenvalue weighted by atomic mass is 32.1. The van der Waals surface area contributed by atoms with E-state index >= 15 is 0 Å². The van der Waals surface area contributed by atoms with E-state index in [2.05, 4.69) is 135 Å². The van der Waals surface area contributed by atoms with Gasteiger partial charge in [0, 0.05) is 47.3 Å². The minimum Gasteiger partial charge on any atom is -0.417 e. The molecule has 0 atom stereocenters. The number of nitro groups is 2. The monoisotopic (exact) mass is 1060 g/mol. The molecule has 0 amide bonds. The Bertz CT molecular complexity index is 3020. The van der Waals surface area contributed by atoms with Gasteiger partial charge >= 0.3 is 11.4 Å². The van der Waals surface area contributed by atoms with Crippen molar-refractivity contribution < 1.29 is 18.7 Å².